The molecule has 0 saturated heterocycles. The van der Waals surface area contributed by atoms with E-state index in [1.165, 1.54) is 30.2 Å². The largest absolute Gasteiger partial charge is 0.270 e. The Balaban J connectivity index is 2.20. The number of aromatic nitrogens is 2. The molecule has 0 amide bonds. The minimum absolute atomic E-state index is 0.0459. The number of hydrogen-bond donors (Lipinski definition) is 0. The number of aryl methyl sites for hydroxylation is 1. The van der Waals surface area contributed by atoms with Crippen LogP contribution in [0.2, 0.25) is 0 Å². The fourth-order valence-corrected chi connectivity index (χ4v) is 3.10. The molecule has 0 N–H and O–H groups in total. The van der Waals surface area contributed by atoms with E-state index in [0.717, 1.165) is 4.31 Å². The fraction of sp³-hybridized carbons (Fsp3) is 0.308. The number of benzene rings is 1. The van der Waals surface area contributed by atoms with Crippen molar-refractivity contribution in [1.82, 2.24) is 14.1 Å². The number of hydrogen-bond acceptors (Lipinski definition) is 3. The highest BCUT2D eigenvalue weighted by Crippen LogP contribution is 2.17. The van der Waals surface area contributed by atoms with Gasteiger partial charge in [0.1, 0.15) is 10.7 Å². The Kier molecular flexibility index (Phi) is 4.97. The zero-order chi connectivity index (χ0) is 15.5. The maximum absolute atomic E-state index is 13.6. The van der Waals surface area contributed by atoms with E-state index in [4.69, 9.17) is 11.6 Å². The second kappa shape index (κ2) is 6.55. The van der Waals surface area contributed by atoms with Crippen molar-refractivity contribution in [3.8, 4) is 0 Å². The van der Waals surface area contributed by atoms with E-state index in [0.29, 0.717) is 18.0 Å². The van der Waals surface area contributed by atoms with Gasteiger partial charge in [0.05, 0.1) is 12.7 Å². The van der Waals surface area contributed by atoms with Crippen LogP contribution in [0.15, 0.2) is 41.6 Å². The summed E-state index contributed by atoms with van der Waals surface area (Å²) >= 11 is 5.58. The molecular weight excluding hydrogens is 317 g/mol. The Morgan fingerprint density at radius 2 is 2.10 bits per heavy atom. The van der Waals surface area contributed by atoms with Gasteiger partial charge in [0, 0.05) is 31.2 Å². The molecule has 1 heterocycles. The topological polar surface area (TPSA) is 55.2 Å². The highest BCUT2D eigenvalue weighted by molar-refractivity contribution is 7.89. The minimum Gasteiger partial charge on any atom is -0.270 e. The van der Waals surface area contributed by atoms with E-state index in [1.54, 1.807) is 18.2 Å². The standard InChI is InChI=1S/C13H15ClFN3O2S/c1-17(9-11-4-2-3-5-13(11)15)21(19,20)12-8-16-18(10-12)7-6-14/h2-5,8,10H,6-7,9H2,1H3. The molecule has 114 valence electrons. The predicted octanol–water partition coefficient (Wildman–Crippen LogP) is 2.08. The van der Waals surface area contributed by atoms with Crippen molar-refractivity contribution in [3.05, 3.63) is 48.0 Å². The predicted molar refractivity (Wildman–Crippen MR) is 78.0 cm³/mol. The third kappa shape index (κ3) is 3.61. The smallest absolute Gasteiger partial charge is 0.246 e. The molecule has 0 aliphatic rings. The van der Waals surface area contributed by atoms with Crippen LogP contribution in [0, 0.1) is 5.82 Å². The number of alkyl halides is 1. The number of halogens is 2. The van der Waals surface area contributed by atoms with Crippen LogP contribution in [-0.4, -0.2) is 35.4 Å². The van der Waals surface area contributed by atoms with Crippen molar-refractivity contribution in [2.24, 2.45) is 0 Å². The summed E-state index contributed by atoms with van der Waals surface area (Å²) in [5, 5.41) is 3.93. The van der Waals surface area contributed by atoms with Crippen molar-refractivity contribution >= 4 is 21.6 Å². The van der Waals surface area contributed by atoms with E-state index in [1.807, 2.05) is 0 Å². The third-order valence-electron chi connectivity index (χ3n) is 2.98. The zero-order valence-corrected chi connectivity index (χ0v) is 13.0. The van der Waals surface area contributed by atoms with Crippen molar-refractivity contribution < 1.29 is 12.8 Å². The highest BCUT2D eigenvalue weighted by atomic mass is 35.5. The third-order valence-corrected chi connectivity index (χ3v) is 4.91. The van der Waals surface area contributed by atoms with Gasteiger partial charge in [0.25, 0.3) is 0 Å². The van der Waals surface area contributed by atoms with E-state index in [2.05, 4.69) is 5.10 Å². The van der Waals surface area contributed by atoms with Gasteiger partial charge < -0.3 is 0 Å². The summed E-state index contributed by atoms with van der Waals surface area (Å²) in [6.07, 6.45) is 2.68. The lowest BCUT2D eigenvalue weighted by atomic mass is 10.2. The summed E-state index contributed by atoms with van der Waals surface area (Å²) in [6, 6.07) is 6.08. The highest BCUT2D eigenvalue weighted by Gasteiger charge is 2.23. The van der Waals surface area contributed by atoms with E-state index < -0.39 is 15.8 Å². The first-order chi connectivity index (χ1) is 9.95. The average molecular weight is 332 g/mol. The van der Waals surface area contributed by atoms with Crippen LogP contribution in [0.25, 0.3) is 0 Å². The molecular formula is C13H15ClFN3O2S. The zero-order valence-electron chi connectivity index (χ0n) is 11.4. The molecule has 0 spiro atoms. The first kappa shape index (κ1) is 15.9. The summed E-state index contributed by atoms with van der Waals surface area (Å²) < 4.78 is 40.9. The first-order valence-corrected chi connectivity index (χ1v) is 8.21. The molecule has 0 fully saturated rings. The number of nitrogens with zero attached hydrogens (tertiary/aromatic N) is 3. The molecule has 2 rings (SSSR count). The van der Waals surface area contributed by atoms with Crippen LogP contribution in [0.3, 0.4) is 0 Å². The lowest BCUT2D eigenvalue weighted by molar-refractivity contribution is 0.456. The Bertz CT molecular complexity index is 718. The SMILES string of the molecule is CN(Cc1ccccc1F)S(=O)(=O)c1cnn(CCCl)c1. The molecule has 0 bridgehead atoms. The molecule has 0 aliphatic heterocycles. The van der Waals surface area contributed by atoms with Gasteiger partial charge in [-0.15, -0.1) is 11.6 Å². The summed E-state index contributed by atoms with van der Waals surface area (Å²) in [6.45, 7) is 0.379. The lowest BCUT2D eigenvalue weighted by Gasteiger charge is -2.16. The van der Waals surface area contributed by atoms with Gasteiger partial charge in [0.2, 0.25) is 10.0 Å². The van der Waals surface area contributed by atoms with Crippen LogP contribution in [0.5, 0.6) is 0 Å². The Labute approximate surface area is 128 Å². The van der Waals surface area contributed by atoms with E-state index >= 15 is 0 Å². The molecule has 21 heavy (non-hydrogen) atoms. The fourth-order valence-electron chi connectivity index (χ4n) is 1.82. The molecule has 0 radical (unpaired) electrons. The molecule has 0 unspecified atom stereocenters. The summed E-state index contributed by atoms with van der Waals surface area (Å²) in [5.41, 5.74) is 0.316. The van der Waals surface area contributed by atoms with Gasteiger partial charge in [-0.05, 0) is 6.07 Å². The molecule has 0 atom stereocenters. The van der Waals surface area contributed by atoms with Crippen molar-refractivity contribution in [1.29, 1.82) is 0 Å². The lowest BCUT2D eigenvalue weighted by Crippen LogP contribution is -2.26. The van der Waals surface area contributed by atoms with Crippen LogP contribution < -0.4 is 0 Å². The number of rotatable bonds is 6. The van der Waals surface area contributed by atoms with Crippen molar-refractivity contribution in [2.45, 2.75) is 18.0 Å². The van der Waals surface area contributed by atoms with Crippen molar-refractivity contribution in [2.75, 3.05) is 12.9 Å². The molecule has 1 aromatic carbocycles. The van der Waals surface area contributed by atoms with Gasteiger partial charge in [-0.3, -0.25) is 4.68 Å². The van der Waals surface area contributed by atoms with Gasteiger partial charge in [-0.1, -0.05) is 18.2 Å². The maximum Gasteiger partial charge on any atom is 0.246 e. The molecule has 8 heteroatoms. The monoisotopic (exact) mass is 331 g/mol. The molecule has 0 saturated carbocycles. The maximum atomic E-state index is 13.6. The summed E-state index contributed by atoms with van der Waals surface area (Å²) in [5.74, 6) is -0.0935. The quantitative estimate of drug-likeness (QED) is 0.762. The molecule has 0 aliphatic carbocycles. The van der Waals surface area contributed by atoms with Gasteiger partial charge in [0.15, 0.2) is 0 Å². The number of sulfonamides is 1. The molecule has 2 aromatic rings. The average Bonchev–Trinajstić information content (AvgIpc) is 2.91. The van der Waals surface area contributed by atoms with E-state index in [9.17, 15) is 12.8 Å². The van der Waals surface area contributed by atoms with E-state index in [-0.39, 0.29) is 11.4 Å². The summed E-state index contributed by atoms with van der Waals surface area (Å²) in [7, 11) is -2.31. The summed E-state index contributed by atoms with van der Waals surface area (Å²) in [4.78, 5) is 0.0615. The van der Waals surface area contributed by atoms with Crippen LogP contribution >= 0.6 is 11.6 Å². The first-order valence-electron chi connectivity index (χ1n) is 6.23. The van der Waals surface area contributed by atoms with Crippen LogP contribution in [0.4, 0.5) is 4.39 Å². The van der Waals surface area contributed by atoms with Crippen molar-refractivity contribution in [3.63, 3.8) is 0 Å². The second-order valence-corrected chi connectivity index (χ2v) is 6.90. The Morgan fingerprint density at radius 3 is 2.76 bits per heavy atom. The van der Waals surface area contributed by atoms with Crippen LogP contribution in [-0.2, 0) is 23.1 Å². The Hall–Kier alpha value is -1.44. The van der Waals surface area contributed by atoms with Gasteiger partial charge >= 0.3 is 0 Å². The second-order valence-electron chi connectivity index (χ2n) is 4.48. The molecule has 5 nitrogen and oxygen atoms in total. The normalized spacial score (nSPS) is 12.0. The molecule has 1 aromatic heterocycles. The van der Waals surface area contributed by atoms with Crippen LogP contribution in [0.1, 0.15) is 5.56 Å². The minimum atomic E-state index is -3.71. The van der Waals surface area contributed by atoms with Gasteiger partial charge in [-0.25, -0.2) is 12.8 Å². The van der Waals surface area contributed by atoms with Gasteiger partial charge in [-0.2, -0.15) is 9.40 Å². The Morgan fingerprint density at radius 1 is 1.38 bits per heavy atom.